The lowest BCUT2D eigenvalue weighted by molar-refractivity contribution is -0.136. The summed E-state index contributed by atoms with van der Waals surface area (Å²) in [6.45, 7) is 12.1. The highest BCUT2D eigenvalue weighted by atomic mass is 19.1. The van der Waals surface area contributed by atoms with E-state index < -0.39 is 46.2 Å². The number of rotatable bonds is 4. The van der Waals surface area contributed by atoms with Gasteiger partial charge in [0.25, 0.3) is 0 Å². The fraction of sp³-hybridized carbons (Fsp3) is 0.511. The fourth-order valence-electron chi connectivity index (χ4n) is 7.65. The number of aliphatic hydroxyl groups excluding tert-OH is 2. The van der Waals surface area contributed by atoms with E-state index in [1.807, 2.05) is 0 Å². The predicted octanol–water partition coefficient (Wildman–Crippen LogP) is 7.90. The Kier molecular flexibility index (Phi) is 14.3. The average Bonchev–Trinajstić information content (AvgIpc) is 3.13. The quantitative estimate of drug-likeness (QED) is 0.208. The Balaban J connectivity index is 0.000000193. The summed E-state index contributed by atoms with van der Waals surface area (Å²) in [5.41, 5.74) is 5.40. The van der Waals surface area contributed by atoms with Crippen LogP contribution in [0.1, 0.15) is 125 Å². The van der Waals surface area contributed by atoms with E-state index in [-0.39, 0.29) is 29.0 Å². The number of alkyl carbamates (subject to hydrolysis) is 1. The van der Waals surface area contributed by atoms with E-state index in [1.165, 1.54) is 18.2 Å². The summed E-state index contributed by atoms with van der Waals surface area (Å²) in [5, 5.41) is 22.0. The van der Waals surface area contributed by atoms with Crippen molar-refractivity contribution in [1.82, 2.24) is 5.32 Å². The number of halogens is 3. The number of hydrogen-bond donors (Lipinski definition) is 4. The van der Waals surface area contributed by atoms with Crippen LogP contribution in [0, 0.1) is 38.2 Å². The molecule has 5 unspecified atom stereocenters. The van der Waals surface area contributed by atoms with E-state index in [0.29, 0.717) is 78.3 Å². The third-order valence-electron chi connectivity index (χ3n) is 11.3. The van der Waals surface area contributed by atoms with Gasteiger partial charge in [0.15, 0.2) is 17.3 Å². The summed E-state index contributed by atoms with van der Waals surface area (Å²) >= 11 is 0. The number of aryl methyl sites for hydroxylation is 3. The van der Waals surface area contributed by atoms with Crippen molar-refractivity contribution in [3.8, 4) is 0 Å². The van der Waals surface area contributed by atoms with Crippen LogP contribution in [0.25, 0.3) is 0 Å². The number of nitrogens with two attached hydrogens (primary N) is 1. The van der Waals surface area contributed by atoms with Crippen molar-refractivity contribution in [2.75, 3.05) is 0 Å². The molecule has 3 aliphatic carbocycles. The number of Topliss-reactive ketones (excluding diaryl/α,β-unsaturated/α-hetero) is 3. The molecule has 0 aliphatic heterocycles. The molecule has 310 valence electrons. The van der Waals surface area contributed by atoms with Gasteiger partial charge >= 0.3 is 6.09 Å². The van der Waals surface area contributed by atoms with Gasteiger partial charge in [-0.05, 0) is 158 Å². The number of nitrogens with one attached hydrogen (secondary N) is 1. The second-order valence-corrected chi connectivity index (χ2v) is 16.9. The molecule has 57 heavy (non-hydrogen) atoms. The number of carbonyl (C=O) groups is 4. The van der Waals surface area contributed by atoms with Crippen LogP contribution in [-0.2, 0) is 35.6 Å². The summed E-state index contributed by atoms with van der Waals surface area (Å²) in [6, 6.07) is 14.1. The minimum atomic E-state index is -1.24. The van der Waals surface area contributed by atoms with E-state index in [1.54, 1.807) is 84.9 Å². The normalized spacial score (nSPS) is 26.4. The maximum atomic E-state index is 14.0. The van der Waals surface area contributed by atoms with Crippen molar-refractivity contribution >= 4 is 23.4 Å². The SMILES string of the molecule is Cc1ccc(C2(C)CCCC(O)C2=O)cc1F.Cc1ccc(C2(N)CCCC(O)C2=O)cc1F.Cc1ccc(C2(NC(=O)OC(C)(C)C)CCCCC2=O)cc1F. The van der Waals surface area contributed by atoms with Crippen molar-refractivity contribution in [3.05, 3.63) is 105 Å². The Morgan fingerprint density at radius 3 is 1.72 bits per heavy atom. The molecule has 1 amide bonds. The number of hydrogen-bond acceptors (Lipinski definition) is 8. The van der Waals surface area contributed by atoms with Gasteiger partial charge in [-0.15, -0.1) is 0 Å². The maximum Gasteiger partial charge on any atom is 0.408 e. The minimum Gasteiger partial charge on any atom is -0.444 e. The topological polar surface area (TPSA) is 156 Å². The maximum absolute atomic E-state index is 14.0. The molecule has 5 atom stereocenters. The van der Waals surface area contributed by atoms with E-state index in [4.69, 9.17) is 10.5 Å². The molecule has 0 radical (unpaired) electrons. The Morgan fingerprint density at radius 2 is 1.19 bits per heavy atom. The van der Waals surface area contributed by atoms with Crippen molar-refractivity contribution in [1.29, 1.82) is 0 Å². The van der Waals surface area contributed by atoms with Gasteiger partial charge in [-0.25, -0.2) is 18.0 Å². The predicted molar refractivity (Wildman–Crippen MR) is 211 cm³/mol. The Labute approximate surface area is 333 Å². The molecule has 0 bridgehead atoms. The van der Waals surface area contributed by atoms with Gasteiger partial charge in [-0.3, -0.25) is 14.4 Å². The largest absolute Gasteiger partial charge is 0.444 e. The summed E-state index contributed by atoms with van der Waals surface area (Å²) in [7, 11) is 0. The van der Waals surface area contributed by atoms with Gasteiger partial charge in [0, 0.05) is 6.42 Å². The van der Waals surface area contributed by atoms with E-state index >= 15 is 0 Å². The van der Waals surface area contributed by atoms with Crippen LogP contribution in [0.15, 0.2) is 54.6 Å². The lowest BCUT2D eigenvalue weighted by Gasteiger charge is -2.37. The molecule has 0 aromatic heterocycles. The summed E-state index contributed by atoms with van der Waals surface area (Å²) in [5.74, 6) is -1.75. The first-order chi connectivity index (χ1) is 26.5. The number of aliphatic hydroxyl groups is 2. The monoisotopic (exact) mass is 794 g/mol. The van der Waals surface area contributed by atoms with Crippen LogP contribution < -0.4 is 11.1 Å². The molecule has 0 spiro atoms. The smallest absolute Gasteiger partial charge is 0.408 e. The molecule has 0 saturated heterocycles. The van der Waals surface area contributed by atoms with E-state index in [2.05, 4.69) is 5.32 Å². The molecule has 5 N–H and O–H groups in total. The summed E-state index contributed by atoms with van der Waals surface area (Å²) < 4.78 is 46.3. The molecule has 9 nitrogen and oxygen atoms in total. The number of benzene rings is 3. The highest BCUT2D eigenvalue weighted by molar-refractivity contribution is 5.95. The lowest BCUT2D eigenvalue weighted by atomic mass is 9.69. The molecule has 3 fully saturated rings. The van der Waals surface area contributed by atoms with Crippen LogP contribution in [-0.4, -0.2) is 51.5 Å². The molecule has 6 rings (SSSR count). The molecular weight excluding hydrogens is 737 g/mol. The standard InChI is InChI=1S/C18H24FNO3.C14H17FO2.C13H16FNO2/c1-12-8-9-13(11-14(12)19)18(10-6-5-7-15(18)21)20-16(22)23-17(2,3)4;1-9-5-6-10(8-11(9)15)14(2)7-3-4-12(16)13(14)17;1-8-4-5-9(7-10(8)14)13(15)6-2-3-11(16)12(13)17/h8-9,11H,5-7,10H2,1-4H3,(H,20,22);5-6,8,12,16H,3-4,7H2,1-2H3;4-5,7,11,16H,2-3,6,15H2,1H3. The van der Waals surface area contributed by atoms with Crippen molar-refractivity contribution in [3.63, 3.8) is 0 Å². The number of amides is 1. The molecule has 3 aliphatic rings. The van der Waals surface area contributed by atoms with E-state index in [9.17, 15) is 42.6 Å². The van der Waals surface area contributed by atoms with Crippen molar-refractivity contribution < 1.29 is 47.3 Å². The highest BCUT2D eigenvalue weighted by Crippen LogP contribution is 2.38. The second kappa shape index (κ2) is 18.0. The van der Waals surface area contributed by atoms with Crippen LogP contribution >= 0.6 is 0 Å². The fourth-order valence-corrected chi connectivity index (χ4v) is 7.65. The van der Waals surface area contributed by atoms with Gasteiger partial charge in [0.1, 0.15) is 46.3 Å². The van der Waals surface area contributed by atoms with Gasteiger partial charge in [0.05, 0.1) is 5.41 Å². The number of ether oxygens (including phenoxy) is 1. The molecule has 3 aromatic rings. The Hall–Kier alpha value is -4.39. The first-order valence-corrected chi connectivity index (χ1v) is 19.6. The molecule has 12 heteroatoms. The van der Waals surface area contributed by atoms with Gasteiger partial charge in [0.2, 0.25) is 0 Å². The molecule has 0 heterocycles. The molecular formula is C45H57F3N2O7. The number of ketones is 3. The third kappa shape index (κ3) is 10.4. The third-order valence-corrected chi connectivity index (χ3v) is 11.3. The summed E-state index contributed by atoms with van der Waals surface area (Å²) in [4.78, 5) is 48.9. The zero-order chi connectivity index (χ0) is 42.5. The van der Waals surface area contributed by atoms with Gasteiger partial charge < -0.3 is 26.0 Å². The highest BCUT2D eigenvalue weighted by Gasteiger charge is 2.45. The summed E-state index contributed by atoms with van der Waals surface area (Å²) in [6.07, 6.45) is 3.33. The second-order valence-electron chi connectivity index (χ2n) is 16.9. The van der Waals surface area contributed by atoms with Gasteiger partial charge in [-0.2, -0.15) is 0 Å². The first kappa shape index (κ1) is 45.3. The molecule has 3 saturated carbocycles. The first-order valence-electron chi connectivity index (χ1n) is 19.6. The van der Waals surface area contributed by atoms with Crippen LogP contribution in [0.3, 0.4) is 0 Å². The van der Waals surface area contributed by atoms with Crippen LogP contribution in [0.2, 0.25) is 0 Å². The minimum absolute atomic E-state index is 0.0992. The van der Waals surface area contributed by atoms with Gasteiger partial charge in [-0.1, -0.05) is 36.4 Å². The zero-order valence-corrected chi connectivity index (χ0v) is 34.1. The Morgan fingerprint density at radius 1 is 0.719 bits per heavy atom. The van der Waals surface area contributed by atoms with E-state index in [0.717, 1.165) is 19.3 Å². The zero-order valence-electron chi connectivity index (χ0n) is 34.1. The molecule has 3 aromatic carbocycles. The van der Waals surface area contributed by atoms with Crippen LogP contribution in [0.4, 0.5) is 18.0 Å². The Bertz CT molecular complexity index is 1890. The lowest BCUT2D eigenvalue weighted by Crippen LogP contribution is -2.54. The van der Waals surface area contributed by atoms with Crippen molar-refractivity contribution in [2.24, 2.45) is 5.73 Å². The van der Waals surface area contributed by atoms with Crippen molar-refractivity contribution in [2.45, 2.75) is 147 Å². The van der Waals surface area contributed by atoms with Crippen LogP contribution in [0.5, 0.6) is 0 Å². The average molecular weight is 795 g/mol. The number of carbonyl (C=O) groups excluding carboxylic acids is 4.